The summed E-state index contributed by atoms with van der Waals surface area (Å²) in [5, 5.41) is 9.16. The van der Waals surface area contributed by atoms with Gasteiger partial charge in [0.1, 0.15) is 0 Å². The summed E-state index contributed by atoms with van der Waals surface area (Å²) in [6, 6.07) is 1.27. The van der Waals surface area contributed by atoms with Crippen LogP contribution in [0.25, 0.3) is 0 Å². The van der Waals surface area contributed by atoms with E-state index in [4.69, 9.17) is 10.8 Å². The third-order valence-electron chi connectivity index (χ3n) is 2.86. The van der Waals surface area contributed by atoms with Gasteiger partial charge in [0, 0.05) is 17.9 Å². The lowest BCUT2D eigenvalue weighted by molar-refractivity contribution is -0.140. The molecule has 0 saturated heterocycles. The van der Waals surface area contributed by atoms with Gasteiger partial charge >= 0.3 is 6.18 Å². The first-order chi connectivity index (χ1) is 7.33. The lowest BCUT2D eigenvalue weighted by atomic mass is 9.69. The van der Waals surface area contributed by atoms with Gasteiger partial charge in [-0.05, 0) is 24.5 Å². The van der Waals surface area contributed by atoms with E-state index in [9.17, 15) is 13.2 Å². The van der Waals surface area contributed by atoms with Crippen molar-refractivity contribution in [1.82, 2.24) is 4.98 Å². The van der Waals surface area contributed by atoms with E-state index in [1.54, 1.807) is 0 Å². The third kappa shape index (κ3) is 1.78. The van der Waals surface area contributed by atoms with Crippen molar-refractivity contribution in [1.29, 1.82) is 0 Å². The van der Waals surface area contributed by atoms with Crippen LogP contribution < -0.4 is 5.73 Å². The number of alkyl halides is 3. The molecule has 0 bridgehead atoms. The fourth-order valence-electron chi connectivity index (χ4n) is 2.06. The zero-order valence-corrected chi connectivity index (χ0v) is 8.33. The molecule has 0 atom stereocenters. The van der Waals surface area contributed by atoms with Gasteiger partial charge in [-0.25, -0.2) is 0 Å². The van der Waals surface area contributed by atoms with Crippen LogP contribution in [0.3, 0.4) is 0 Å². The molecule has 0 radical (unpaired) electrons. The molecule has 1 aliphatic carbocycles. The van der Waals surface area contributed by atoms with E-state index in [1.165, 1.54) is 12.3 Å². The van der Waals surface area contributed by atoms with Gasteiger partial charge < -0.3 is 10.8 Å². The predicted octanol–water partition coefficient (Wildman–Crippen LogP) is 1.41. The molecular formula is C10H11F3N2O. The van der Waals surface area contributed by atoms with E-state index >= 15 is 0 Å². The Morgan fingerprint density at radius 1 is 1.44 bits per heavy atom. The summed E-state index contributed by atoms with van der Waals surface area (Å²) in [4.78, 5) is 3.46. The second kappa shape index (κ2) is 3.43. The van der Waals surface area contributed by atoms with Gasteiger partial charge in [0.25, 0.3) is 0 Å². The van der Waals surface area contributed by atoms with Crippen LogP contribution in [0, 0.1) is 0 Å². The minimum Gasteiger partial charge on any atom is -0.393 e. The summed E-state index contributed by atoms with van der Waals surface area (Å²) >= 11 is 0. The second-order valence-corrected chi connectivity index (χ2v) is 4.14. The monoisotopic (exact) mass is 232 g/mol. The van der Waals surface area contributed by atoms with Crippen LogP contribution in [0.2, 0.25) is 0 Å². The summed E-state index contributed by atoms with van der Waals surface area (Å²) in [5.41, 5.74) is 3.95. The molecule has 1 aromatic heterocycles. The Hall–Kier alpha value is -1.14. The van der Waals surface area contributed by atoms with Crippen molar-refractivity contribution in [3.63, 3.8) is 0 Å². The first-order valence-corrected chi connectivity index (χ1v) is 4.81. The molecule has 6 heteroatoms. The fraction of sp³-hybridized carbons (Fsp3) is 0.500. The van der Waals surface area contributed by atoms with Gasteiger partial charge in [0.2, 0.25) is 0 Å². The Morgan fingerprint density at radius 3 is 2.56 bits per heavy atom. The quantitative estimate of drug-likeness (QED) is 0.769. The Kier molecular flexibility index (Phi) is 2.43. The van der Waals surface area contributed by atoms with Crippen molar-refractivity contribution in [2.24, 2.45) is 5.73 Å². The molecule has 1 aromatic rings. The molecule has 1 aliphatic rings. The lowest BCUT2D eigenvalue weighted by Gasteiger charge is -2.43. The van der Waals surface area contributed by atoms with E-state index in [0.717, 1.165) is 6.20 Å². The van der Waals surface area contributed by atoms with Gasteiger partial charge in [-0.1, -0.05) is 0 Å². The molecule has 0 unspecified atom stereocenters. The van der Waals surface area contributed by atoms with Gasteiger partial charge in [0.05, 0.1) is 11.7 Å². The zero-order chi connectivity index (χ0) is 12.0. The average molecular weight is 232 g/mol. The van der Waals surface area contributed by atoms with Crippen molar-refractivity contribution in [3.8, 4) is 0 Å². The van der Waals surface area contributed by atoms with E-state index in [2.05, 4.69) is 4.98 Å². The number of hydrogen-bond donors (Lipinski definition) is 2. The molecule has 3 N–H and O–H groups in total. The molecule has 0 aromatic carbocycles. The first kappa shape index (κ1) is 11.3. The number of halogens is 3. The highest BCUT2D eigenvalue weighted by Gasteiger charge is 2.46. The highest BCUT2D eigenvalue weighted by molar-refractivity contribution is 5.35. The Labute approximate surface area is 90.1 Å². The highest BCUT2D eigenvalue weighted by atomic mass is 19.4. The minimum atomic E-state index is -4.46. The zero-order valence-electron chi connectivity index (χ0n) is 8.33. The van der Waals surface area contributed by atoms with E-state index in [-0.39, 0.29) is 18.4 Å². The SMILES string of the molecule is NC1(c2ccncc2C(F)(F)F)CC(O)C1. The van der Waals surface area contributed by atoms with Gasteiger partial charge in [-0.2, -0.15) is 13.2 Å². The van der Waals surface area contributed by atoms with Crippen molar-refractivity contribution < 1.29 is 18.3 Å². The number of hydrogen-bond acceptors (Lipinski definition) is 3. The van der Waals surface area contributed by atoms with Crippen molar-refractivity contribution >= 4 is 0 Å². The molecule has 0 aliphatic heterocycles. The highest BCUT2D eigenvalue weighted by Crippen LogP contribution is 2.44. The van der Waals surface area contributed by atoms with Crippen molar-refractivity contribution in [2.45, 2.75) is 30.7 Å². The summed E-state index contributed by atoms with van der Waals surface area (Å²) in [6.45, 7) is 0. The van der Waals surface area contributed by atoms with E-state index in [0.29, 0.717) is 0 Å². The number of pyridine rings is 1. The number of nitrogens with zero attached hydrogens (tertiary/aromatic N) is 1. The lowest BCUT2D eigenvalue weighted by Crippen LogP contribution is -2.52. The van der Waals surface area contributed by atoms with Crippen LogP contribution in [0.1, 0.15) is 24.0 Å². The Balaban J connectivity index is 2.42. The predicted molar refractivity (Wildman–Crippen MR) is 50.3 cm³/mol. The first-order valence-electron chi connectivity index (χ1n) is 4.81. The van der Waals surface area contributed by atoms with Gasteiger partial charge in [-0.15, -0.1) is 0 Å². The van der Waals surface area contributed by atoms with Gasteiger partial charge in [0.15, 0.2) is 0 Å². The summed E-state index contributed by atoms with van der Waals surface area (Å²) in [6.07, 6.45) is -2.71. The molecule has 88 valence electrons. The number of aliphatic hydroxyl groups is 1. The number of aliphatic hydroxyl groups excluding tert-OH is 1. The van der Waals surface area contributed by atoms with E-state index in [1.807, 2.05) is 0 Å². The van der Waals surface area contributed by atoms with Crippen LogP contribution in [0.4, 0.5) is 13.2 Å². The largest absolute Gasteiger partial charge is 0.418 e. The summed E-state index contributed by atoms with van der Waals surface area (Å²) in [7, 11) is 0. The smallest absolute Gasteiger partial charge is 0.393 e. The Bertz CT molecular complexity index is 399. The molecule has 0 amide bonds. The van der Waals surface area contributed by atoms with Crippen LogP contribution >= 0.6 is 0 Å². The minimum absolute atomic E-state index is 0.0142. The number of rotatable bonds is 1. The maximum atomic E-state index is 12.7. The summed E-state index contributed by atoms with van der Waals surface area (Å²) < 4.78 is 38.0. The average Bonchev–Trinajstić information content (AvgIpc) is 2.14. The second-order valence-electron chi connectivity index (χ2n) is 4.14. The molecular weight excluding hydrogens is 221 g/mol. The molecule has 0 spiro atoms. The molecule has 2 rings (SSSR count). The Morgan fingerprint density at radius 2 is 2.06 bits per heavy atom. The van der Waals surface area contributed by atoms with E-state index < -0.39 is 23.4 Å². The van der Waals surface area contributed by atoms with Crippen molar-refractivity contribution in [2.75, 3.05) is 0 Å². The van der Waals surface area contributed by atoms with Crippen LogP contribution in [0.5, 0.6) is 0 Å². The molecule has 1 saturated carbocycles. The van der Waals surface area contributed by atoms with Crippen LogP contribution in [0.15, 0.2) is 18.5 Å². The maximum Gasteiger partial charge on any atom is 0.418 e. The molecule has 1 heterocycles. The third-order valence-corrected chi connectivity index (χ3v) is 2.86. The molecule has 16 heavy (non-hydrogen) atoms. The van der Waals surface area contributed by atoms with Crippen LogP contribution in [-0.4, -0.2) is 16.2 Å². The summed E-state index contributed by atoms with van der Waals surface area (Å²) in [5.74, 6) is 0. The number of nitrogens with two attached hydrogens (primary N) is 1. The standard InChI is InChI=1S/C10H11F3N2O/c11-10(12,13)8-5-15-2-1-7(8)9(14)3-6(16)4-9/h1-2,5-6,16H,3-4,14H2. The molecule has 3 nitrogen and oxygen atoms in total. The molecule has 1 fully saturated rings. The topological polar surface area (TPSA) is 59.1 Å². The maximum absolute atomic E-state index is 12.7. The normalized spacial score (nSPS) is 29.9. The van der Waals surface area contributed by atoms with Gasteiger partial charge in [-0.3, -0.25) is 4.98 Å². The van der Waals surface area contributed by atoms with Crippen LogP contribution in [-0.2, 0) is 11.7 Å². The van der Waals surface area contributed by atoms with Crippen molar-refractivity contribution in [3.05, 3.63) is 29.6 Å². The fourth-order valence-corrected chi connectivity index (χ4v) is 2.06. The number of aromatic nitrogens is 1.